The number of primary sulfonamides is 1. The predicted octanol–water partition coefficient (Wildman–Crippen LogP) is 2.17. The minimum absolute atomic E-state index is 0.184. The van der Waals surface area contributed by atoms with Crippen molar-refractivity contribution in [2.45, 2.75) is 4.34 Å². The summed E-state index contributed by atoms with van der Waals surface area (Å²) in [5, 5.41) is 5.06. The first-order valence-corrected chi connectivity index (χ1v) is 9.03. The maximum absolute atomic E-state index is 12.1. The van der Waals surface area contributed by atoms with Crippen LogP contribution in [0.1, 0.15) is 10.4 Å². The second kappa shape index (κ2) is 6.19. The number of benzene rings is 2. The Morgan fingerprint density at radius 2 is 1.79 bits per heavy atom. The summed E-state index contributed by atoms with van der Waals surface area (Å²) in [7, 11) is -2.33. The van der Waals surface area contributed by atoms with Crippen molar-refractivity contribution in [3.8, 4) is 11.5 Å². The number of nitrogens with zero attached hydrogens (tertiary/aromatic N) is 1. The van der Waals surface area contributed by atoms with E-state index in [0.29, 0.717) is 21.5 Å². The quantitative estimate of drug-likeness (QED) is 0.561. The Kier molecular flexibility index (Phi) is 4.22. The van der Waals surface area contributed by atoms with Crippen LogP contribution in [-0.2, 0) is 10.0 Å². The molecule has 0 bridgehead atoms. The number of hydrogen-bond acceptors (Lipinski definition) is 7. The van der Waals surface area contributed by atoms with E-state index in [1.54, 1.807) is 36.4 Å². The highest BCUT2D eigenvalue weighted by Gasteiger charge is 2.16. The summed E-state index contributed by atoms with van der Waals surface area (Å²) in [5.74, 6) is 0.384. The number of ether oxygens (including phenoxy) is 2. The highest BCUT2D eigenvalue weighted by Crippen LogP contribution is 2.28. The molecule has 0 saturated carbocycles. The van der Waals surface area contributed by atoms with Crippen molar-refractivity contribution in [3.63, 3.8) is 0 Å². The molecule has 1 aromatic heterocycles. The van der Waals surface area contributed by atoms with Crippen molar-refractivity contribution in [3.05, 3.63) is 48.0 Å². The lowest BCUT2D eigenvalue weighted by Crippen LogP contribution is -2.11. The number of thiazole rings is 1. The van der Waals surface area contributed by atoms with Gasteiger partial charge >= 0.3 is 5.97 Å². The van der Waals surface area contributed by atoms with Crippen molar-refractivity contribution in [2.75, 3.05) is 7.11 Å². The number of fused-ring (bicyclic) bond motifs is 1. The molecular weight excluding hydrogens is 352 g/mol. The first kappa shape index (κ1) is 16.4. The minimum Gasteiger partial charge on any atom is -0.497 e. The summed E-state index contributed by atoms with van der Waals surface area (Å²) < 4.78 is 33.4. The van der Waals surface area contributed by atoms with E-state index in [2.05, 4.69) is 4.98 Å². The molecule has 0 spiro atoms. The summed E-state index contributed by atoms with van der Waals surface area (Å²) in [6, 6.07) is 11.1. The van der Waals surface area contributed by atoms with Gasteiger partial charge in [0, 0.05) is 6.07 Å². The third-order valence-electron chi connectivity index (χ3n) is 3.12. The molecule has 1 heterocycles. The molecular formula is C15H12N2O5S2. The molecule has 0 aliphatic carbocycles. The summed E-state index contributed by atoms with van der Waals surface area (Å²) in [6.45, 7) is 0. The Hall–Kier alpha value is -2.49. The fourth-order valence-corrected chi connectivity index (χ4v) is 3.65. The number of hydrogen-bond donors (Lipinski definition) is 1. The molecule has 3 aromatic rings. The number of esters is 1. The SMILES string of the molecule is COc1ccc(C(=O)Oc2ccc3nc(S(N)(=O)=O)sc3c2)cc1. The number of nitrogens with two attached hydrogens (primary N) is 1. The van der Waals surface area contributed by atoms with Gasteiger partial charge in [0.05, 0.1) is 22.9 Å². The van der Waals surface area contributed by atoms with E-state index in [4.69, 9.17) is 14.6 Å². The molecule has 0 fully saturated rings. The monoisotopic (exact) mass is 364 g/mol. The second-order valence-electron chi connectivity index (χ2n) is 4.77. The van der Waals surface area contributed by atoms with Crippen LogP contribution in [0.2, 0.25) is 0 Å². The molecule has 9 heteroatoms. The average Bonchev–Trinajstić information content (AvgIpc) is 2.98. The number of rotatable bonds is 4. The molecule has 0 aliphatic heterocycles. The van der Waals surface area contributed by atoms with Gasteiger partial charge in [-0.25, -0.2) is 23.3 Å². The van der Waals surface area contributed by atoms with Crippen LogP contribution < -0.4 is 14.6 Å². The van der Waals surface area contributed by atoms with E-state index >= 15 is 0 Å². The highest BCUT2D eigenvalue weighted by molar-refractivity contribution is 7.91. The third-order valence-corrected chi connectivity index (χ3v) is 5.46. The summed E-state index contributed by atoms with van der Waals surface area (Å²) in [4.78, 5) is 16.1. The highest BCUT2D eigenvalue weighted by atomic mass is 32.2. The smallest absolute Gasteiger partial charge is 0.343 e. The predicted molar refractivity (Wildman–Crippen MR) is 88.9 cm³/mol. The van der Waals surface area contributed by atoms with Gasteiger partial charge in [-0.2, -0.15) is 0 Å². The van der Waals surface area contributed by atoms with Crippen molar-refractivity contribution in [2.24, 2.45) is 5.14 Å². The van der Waals surface area contributed by atoms with Crippen molar-refractivity contribution < 1.29 is 22.7 Å². The summed E-state index contributed by atoms with van der Waals surface area (Å²) >= 11 is 0.914. The Balaban J connectivity index is 1.85. The second-order valence-corrected chi connectivity index (χ2v) is 7.54. The Morgan fingerprint density at radius 1 is 1.12 bits per heavy atom. The summed E-state index contributed by atoms with van der Waals surface area (Å²) in [6.07, 6.45) is 0. The third kappa shape index (κ3) is 3.37. The fraction of sp³-hybridized carbons (Fsp3) is 0.0667. The number of carbonyl (C=O) groups is 1. The molecule has 3 rings (SSSR count). The molecule has 124 valence electrons. The number of carbonyl (C=O) groups excluding carboxylic acids is 1. The number of aromatic nitrogens is 1. The van der Waals surface area contributed by atoms with Crippen LogP contribution >= 0.6 is 11.3 Å². The lowest BCUT2D eigenvalue weighted by atomic mass is 10.2. The van der Waals surface area contributed by atoms with E-state index in [1.165, 1.54) is 13.2 Å². The average molecular weight is 364 g/mol. The molecule has 0 saturated heterocycles. The van der Waals surface area contributed by atoms with Crippen LogP contribution in [-0.4, -0.2) is 26.5 Å². The van der Waals surface area contributed by atoms with Crippen LogP contribution in [0.25, 0.3) is 10.2 Å². The molecule has 0 radical (unpaired) electrons. The molecule has 2 N–H and O–H groups in total. The van der Waals surface area contributed by atoms with Gasteiger partial charge in [-0.1, -0.05) is 0 Å². The first-order chi connectivity index (χ1) is 11.4. The molecule has 0 unspecified atom stereocenters. The standard InChI is InChI=1S/C15H12N2O5S2/c1-21-10-4-2-9(3-5-10)14(18)22-11-6-7-12-13(8-11)23-15(17-12)24(16,19)20/h2-8H,1H3,(H2,16,19,20). The van der Waals surface area contributed by atoms with Crippen molar-refractivity contribution in [1.82, 2.24) is 4.98 Å². The molecule has 2 aromatic carbocycles. The van der Waals surface area contributed by atoms with Crippen LogP contribution in [0.5, 0.6) is 11.5 Å². The molecule has 7 nitrogen and oxygen atoms in total. The van der Waals surface area contributed by atoms with E-state index in [0.717, 1.165) is 11.3 Å². The van der Waals surface area contributed by atoms with Crippen LogP contribution in [0.15, 0.2) is 46.8 Å². The zero-order valence-electron chi connectivity index (χ0n) is 12.4. The number of methoxy groups -OCH3 is 1. The minimum atomic E-state index is -3.86. The maximum Gasteiger partial charge on any atom is 0.343 e. The van der Waals surface area contributed by atoms with E-state index < -0.39 is 16.0 Å². The van der Waals surface area contributed by atoms with Gasteiger partial charge in [0.15, 0.2) is 0 Å². The lowest BCUT2D eigenvalue weighted by Gasteiger charge is -2.05. The van der Waals surface area contributed by atoms with Crippen LogP contribution in [0.3, 0.4) is 0 Å². The normalized spacial score (nSPS) is 11.4. The van der Waals surface area contributed by atoms with Gasteiger partial charge in [0.25, 0.3) is 10.0 Å². The van der Waals surface area contributed by atoms with Gasteiger partial charge in [-0.3, -0.25) is 0 Å². The molecule has 24 heavy (non-hydrogen) atoms. The largest absolute Gasteiger partial charge is 0.497 e. The first-order valence-electron chi connectivity index (χ1n) is 6.66. The zero-order chi connectivity index (χ0) is 17.3. The Bertz CT molecular complexity index is 1010. The van der Waals surface area contributed by atoms with Gasteiger partial charge in [0.1, 0.15) is 11.5 Å². The topological polar surface area (TPSA) is 109 Å². The van der Waals surface area contributed by atoms with Crippen LogP contribution in [0.4, 0.5) is 0 Å². The molecule has 0 atom stereocenters. The van der Waals surface area contributed by atoms with E-state index in [-0.39, 0.29) is 10.1 Å². The summed E-state index contributed by atoms with van der Waals surface area (Å²) in [5.41, 5.74) is 0.832. The van der Waals surface area contributed by atoms with Gasteiger partial charge in [-0.05, 0) is 36.4 Å². The lowest BCUT2D eigenvalue weighted by molar-refractivity contribution is 0.0735. The van der Waals surface area contributed by atoms with Gasteiger partial charge < -0.3 is 9.47 Å². The van der Waals surface area contributed by atoms with Crippen molar-refractivity contribution >= 4 is 37.5 Å². The maximum atomic E-state index is 12.1. The fourth-order valence-electron chi connectivity index (χ4n) is 1.96. The Labute approximate surface area is 141 Å². The number of sulfonamides is 1. The molecule has 0 aliphatic rings. The van der Waals surface area contributed by atoms with Gasteiger partial charge in [-0.15, -0.1) is 11.3 Å². The van der Waals surface area contributed by atoms with E-state index in [9.17, 15) is 13.2 Å². The Morgan fingerprint density at radius 3 is 2.42 bits per heavy atom. The van der Waals surface area contributed by atoms with Crippen molar-refractivity contribution in [1.29, 1.82) is 0 Å². The van der Waals surface area contributed by atoms with Crippen LogP contribution in [0, 0.1) is 0 Å². The zero-order valence-corrected chi connectivity index (χ0v) is 14.1. The molecule has 0 amide bonds. The van der Waals surface area contributed by atoms with E-state index in [1.807, 2.05) is 0 Å². The van der Waals surface area contributed by atoms with Gasteiger partial charge in [0.2, 0.25) is 4.34 Å².